The molecule has 0 saturated heterocycles. The Morgan fingerprint density at radius 1 is 1.27 bits per heavy atom. The highest BCUT2D eigenvalue weighted by Gasteiger charge is 2.04. The Balaban J connectivity index is 1.79. The molecule has 22 heavy (non-hydrogen) atoms. The second-order valence-corrected chi connectivity index (χ2v) is 4.95. The Kier molecular flexibility index (Phi) is 5.91. The van der Waals surface area contributed by atoms with Gasteiger partial charge in [0.15, 0.2) is 0 Å². The number of unbranched alkanes of at least 4 members (excludes halogenated alkanes) is 2. The van der Waals surface area contributed by atoms with Gasteiger partial charge in [-0.2, -0.15) is 0 Å². The first-order chi connectivity index (χ1) is 10.7. The van der Waals surface area contributed by atoms with Gasteiger partial charge in [0.2, 0.25) is 5.91 Å². The lowest BCUT2D eigenvalue weighted by Gasteiger charge is -2.02. The molecule has 0 radical (unpaired) electrons. The summed E-state index contributed by atoms with van der Waals surface area (Å²) in [5.74, 6) is 0.460. The number of carbonyl (C=O) groups is 1. The number of ether oxygens (including phenoxy) is 1. The molecule has 0 bridgehead atoms. The number of hydrogen-bond donors (Lipinski definition) is 2. The lowest BCUT2D eigenvalue weighted by molar-refractivity contribution is -0.129. The SMILES string of the molecule is COc1ccc(-n2cc(CCCCCC(=O)NO)nn2)cc1. The fourth-order valence-electron chi connectivity index (χ4n) is 2.10. The van der Waals surface area contributed by atoms with Crippen molar-refractivity contribution >= 4 is 5.91 Å². The van der Waals surface area contributed by atoms with Crippen molar-refractivity contribution < 1.29 is 14.7 Å². The second-order valence-electron chi connectivity index (χ2n) is 4.95. The third-order valence-electron chi connectivity index (χ3n) is 3.34. The van der Waals surface area contributed by atoms with Crippen molar-refractivity contribution in [3.63, 3.8) is 0 Å². The fourth-order valence-corrected chi connectivity index (χ4v) is 2.10. The standard InChI is InChI=1S/C15H20N4O3/c1-22-14-9-7-13(8-10-14)19-11-12(16-18-19)5-3-2-4-6-15(20)17-21/h7-11,21H,2-6H2,1H3,(H,17,20). The summed E-state index contributed by atoms with van der Waals surface area (Å²) >= 11 is 0. The number of methoxy groups -OCH3 is 1. The molecule has 2 N–H and O–H groups in total. The van der Waals surface area contributed by atoms with Crippen LogP contribution in [0.5, 0.6) is 5.75 Å². The van der Waals surface area contributed by atoms with E-state index in [-0.39, 0.29) is 5.91 Å². The largest absolute Gasteiger partial charge is 0.497 e. The van der Waals surface area contributed by atoms with Crippen LogP contribution >= 0.6 is 0 Å². The second kappa shape index (κ2) is 8.14. The molecule has 1 aromatic carbocycles. The van der Waals surface area contributed by atoms with Gasteiger partial charge in [-0.1, -0.05) is 11.6 Å². The first-order valence-electron chi connectivity index (χ1n) is 7.21. The molecule has 0 aliphatic heterocycles. The maximum atomic E-state index is 10.9. The summed E-state index contributed by atoms with van der Waals surface area (Å²) in [5.41, 5.74) is 3.48. The van der Waals surface area contributed by atoms with Gasteiger partial charge in [0.1, 0.15) is 5.75 Å². The summed E-state index contributed by atoms with van der Waals surface area (Å²) in [6, 6.07) is 7.60. The van der Waals surface area contributed by atoms with E-state index in [4.69, 9.17) is 9.94 Å². The van der Waals surface area contributed by atoms with Crippen LogP contribution in [0.25, 0.3) is 5.69 Å². The highest BCUT2D eigenvalue weighted by molar-refractivity contribution is 5.74. The van der Waals surface area contributed by atoms with Crippen LogP contribution in [-0.2, 0) is 11.2 Å². The van der Waals surface area contributed by atoms with E-state index in [2.05, 4.69) is 10.3 Å². The van der Waals surface area contributed by atoms with Gasteiger partial charge in [0, 0.05) is 6.42 Å². The zero-order chi connectivity index (χ0) is 15.8. The highest BCUT2D eigenvalue weighted by atomic mass is 16.5. The van der Waals surface area contributed by atoms with Gasteiger partial charge in [-0.3, -0.25) is 10.0 Å². The molecule has 7 heteroatoms. The van der Waals surface area contributed by atoms with Gasteiger partial charge >= 0.3 is 0 Å². The molecule has 0 aliphatic rings. The summed E-state index contributed by atoms with van der Waals surface area (Å²) in [6.07, 6.45) is 5.65. The molecule has 0 saturated carbocycles. The van der Waals surface area contributed by atoms with E-state index in [0.29, 0.717) is 6.42 Å². The first-order valence-corrected chi connectivity index (χ1v) is 7.21. The Morgan fingerprint density at radius 2 is 2.05 bits per heavy atom. The average Bonchev–Trinajstić information content (AvgIpc) is 3.03. The Bertz CT molecular complexity index is 595. The van der Waals surface area contributed by atoms with E-state index in [1.807, 2.05) is 30.5 Å². The van der Waals surface area contributed by atoms with Gasteiger partial charge in [0.25, 0.3) is 0 Å². The Morgan fingerprint density at radius 3 is 2.73 bits per heavy atom. The third-order valence-corrected chi connectivity index (χ3v) is 3.34. The minimum absolute atomic E-state index is 0.342. The number of aryl methyl sites for hydroxylation is 1. The molecule has 2 aromatic rings. The Hall–Kier alpha value is -2.41. The number of carbonyl (C=O) groups excluding carboxylic acids is 1. The normalized spacial score (nSPS) is 10.5. The van der Waals surface area contributed by atoms with Crippen molar-refractivity contribution in [3.8, 4) is 11.4 Å². The van der Waals surface area contributed by atoms with Crippen molar-refractivity contribution in [2.75, 3.05) is 7.11 Å². The molecule has 2 rings (SSSR count). The third kappa shape index (κ3) is 4.56. The zero-order valence-electron chi connectivity index (χ0n) is 12.5. The van der Waals surface area contributed by atoms with Gasteiger partial charge in [-0.05, 0) is 43.5 Å². The van der Waals surface area contributed by atoms with Crippen LogP contribution in [0, 0.1) is 0 Å². The summed E-state index contributed by atoms with van der Waals surface area (Å²) < 4.78 is 6.85. The molecule has 0 aliphatic carbocycles. The number of hydroxylamine groups is 1. The van der Waals surface area contributed by atoms with Crippen molar-refractivity contribution in [2.24, 2.45) is 0 Å². The quantitative estimate of drug-likeness (QED) is 0.441. The minimum Gasteiger partial charge on any atom is -0.497 e. The Labute approximate surface area is 128 Å². The van der Waals surface area contributed by atoms with Gasteiger partial charge in [-0.25, -0.2) is 10.2 Å². The number of amides is 1. The lowest BCUT2D eigenvalue weighted by atomic mass is 10.1. The number of benzene rings is 1. The maximum Gasteiger partial charge on any atom is 0.243 e. The van der Waals surface area contributed by atoms with Gasteiger partial charge in [0.05, 0.1) is 24.7 Å². The number of nitrogens with zero attached hydrogens (tertiary/aromatic N) is 3. The van der Waals surface area contributed by atoms with Crippen LogP contribution in [0.2, 0.25) is 0 Å². The molecule has 1 aromatic heterocycles. The van der Waals surface area contributed by atoms with Crippen LogP contribution in [0.4, 0.5) is 0 Å². The van der Waals surface area contributed by atoms with Crippen LogP contribution in [0.15, 0.2) is 30.5 Å². The van der Waals surface area contributed by atoms with Crippen molar-refractivity contribution in [3.05, 3.63) is 36.2 Å². The lowest BCUT2D eigenvalue weighted by Crippen LogP contribution is -2.17. The summed E-state index contributed by atoms with van der Waals surface area (Å²) in [6.45, 7) is 0. The van der Waals surface area contributed by atoms with Crippen molar-refractivity contribution in [1.29, 1.82) is 0 Å². The van der Waals surface area contributed by atoms with Gasteiger partial charge in [-0.15, -0.1) is 5.10 Å². The summed E-state index contributed by atoms with van der Waals surface area (Å²) in [4.78, 5) is 10.9. The van der Waals surface area contributed by atoms with Crippen LogP contribution in [0.1, 0.15) is 31.4 Å². The number of hydrogen-bond acceptors (Lipinski definition) is 5. The van der Waals surface area contributed by atoms with E-state index in [1.54, 1.807) is 17.3 Å². The summed E-state index contributed by atoms with van der Waals surface area (Å²) in [5, 5.41) is 16.6. The molecule has 0 unspecified atom stereocenters. The summed E-state index contributed by atoms with van der Waals surface area (Å²) in [7, 11) is 1.63. The molecule has 1 heterocycles. The smallest absolute Gasteiger partial charge is 0.243 e. The van der Waals surface area contributed by atoms with Gasteiger partial charge < -0.3 is 4.74 Å². The molecule has 0 atom stereocenters. The molecule has 1 amide bonds. The molecule has 7 nitrogen and oxygen atoms in total. The number of rotatable bonds is 8. The topological polar surface area (TPSA) is 89.3 Å². The monoisotopic (exact) mass is 304 g/mol. The van der Waals surface area contributed by atoms with E-state index >= 15 is 0 Å². The first kappa shape index (κ1) is 16.0. The molecular formula is C15H20N4O3. The van der Waals surface area contributed by atoms with Crippen molar-refractivity contribution in [2.45, 2.75) is 32.1 Å². The molecule has 118 valence electrons. The molecule has 0 fully saturated rings. The predicted molar refractivity (Wildman–Crippen MR) is 80.0 cm³/mol. The molecule has 0 spiro atoms. The van der Waals surface area contributed by atoms with Crippen LogP contribution in [0.3, 0.4) is 0 Å². The van der Waals surface area contributed by atoms with E-state index in [9.17, 15) is 4.79 Å². The van der Waals surface area contributed by atoms with Crippen molar-refractivity contribution in [1.82, 2.24) is 20.5 Å². The van der Waals surface area contributed by atoms with Crippen LogP contribution < -0.4 is 10.2 Å². The maximum absolute atomic E-state index is 10.9. The fraction of sp³-hybridized carbons (Fsp3) is 0.400. The van der Waals surface area contributed by atoms with E-state index in [0.717, 1.165) is 42.8 Å². The molecular weight excluding hydrogens is 284 g/mol. The highest BCUT2D eigenvalue weighted by Crippen LogP contribution is 2.14. The average molecular weight is 304 g/mol. The minimum atomic E-state index is -0.342. The zero-order valence-corrected chi connectivity index (χ0v) is 12.5. The van der Waals surface area contributed by atoms with E-state index in [1.165, 1.54) is 0 Å². The number of nitrogens with one attached hydrogen (secondary N) is 1. The van der Waals surface area contributed by atoms with E-state index < -0.39 is 0 Å². The predicted octanol–water partition coefficient (Wildman–Crippen LogP) is 1.88. The number of aromatic nitrogens is 3. The van der Waals surface area contributed by atoms with Crippen LogP contribution in [-0.4, -0.2) is 33.2 Å².